The number of hydrogen-bond donors (Lipinski definition) is 1. The molecule has 0 radical (unpaired) electrons. The molecule has 0 saturated carbocycles. The molecule has 2 aliphatic rings. The van der Waals surface area contributed by atoms with E-state index in [1.54, 1.807) is 16.5 Å². The Morgan fingerprint density at radius 2 is 1.47 bits per heavy atom. The molecule has 2 fully saturated rings. The first kappa shape index (κ1) is 35.0. The van der Waals surface area contributed by atoms with Crippen molar-refractivity contribution in [3.63, 3.8) is 0 Å². The van der Waals surface area contributed by atoms with Crippen molar-refractivity contribution in [1.82, 2.24) is 24.0 Å². The topological polar surface area (TPSA) is 117 Å². The van der Waals surface area contributed by atoms with Gasteiger partial charge in [-0.1, -0.05) is 91.0 Å². The monoisotopic (exact) mass is 705 g/mol. The molecule has 1 aromatic heterocycles. The Balaban J connectivity index is 1.42. The van der Waals surface area contributed by atoms with Gasteiger partial charge in [0.25, 0.3) is 5.56 Å². The number of nitrogens with zero attached hydrogens (tertiary/aromatic N) is 4. The molecule has 3 unspecified atom stereocenters. The highest BCUT2D eigenvalue weighted by Gasteiger charge is 2.47. The number of aryl methyl sites for hydroxylation is 1. The van der Waals surface area contributed by atoms with Gasteiger partial charge in [-0.25, -0.2) is 9.46 Å². The molecule has 13 heteroatoms. The number of ether oxygens (including phenoxy) is 1. The van der Waals surface area contributed by atoms with Crippen molar-refractivity contribution in [3.05, 3.63) is 140 Å². The third kappa shape index (κ3) is 7.38. The van der Waals surface area contributed by atoms with E-state index in [1.807, 2.05) is 54.6 Å². The van der Waals surface area contributed by atoms with Gasteiger partial charge in [0.2, 0.25) is 5.91 Å². The molecular formula is C36H41ClN5O6P. The fraction of sp³-hybridized carbons (Fsp3) is 0.361. The largest absolute Gasteiger partial charge is 0.363 e. The number of morpholine rings is 1. The van der Waals surface area contributed by atoms with Gasteiger partial charge in [0.1, 0.15) is 0 Å². The lowest BCUT2D eigenvalue weighted by atomic mass is 9.75. The summed E-state index contributed by atoms with van der Waals surface area (Å²) in [6.45, 7) is 1.46. The van der Waals surface area contributed by atoms with E-state index in [0.29, 0.717) is 44.7 Å². The molecule has 3 atom stereocenters. The van der Waals surface area contributed by atoms with Gasteiger partial charge in [0.15, 0.2) is 6.23 Å². The Bertz CT molecular complexity index is 1810. The summed E-state index contributed by atoms with van der Waals surface area (Å²) < 4.78 is 29.5. The number of rotatable bonds is 9. The summed E-state index contributed by atoms with van der Waals surface area (Å²) in [5.74, 6) is -0.0413. The van der Waals surface area contributed by atoms with Crippen LogP contribution in [0.3, 0.4) is 0 Å². The summed E-state index contributed by atoms with van der Waals surface area (Å²) in [4.78, 5) is 44.0. The van der Waals surface area contributed by atoms with Crippen LogP contribution in [-0.2, 0) is 24.2 Å². The van der Waals surface area contributed by atoms with Gasteiger partial charge < -0.3 is 14.2 Å². The molecule has 49 heavy (non-hydrogen) atoms. The minimum Gasteiger partial charge on any atom is -0.350 e. The van der Waals surface area contributed by atoms with Crippen LogP contribution in [0, 0.1) is 6.92 Å². The Labute approximate surface area is 290 Å². The summed E-state index contributed by atoms with van der Waals surface area (Å²) in [5.41, 5.74) is 1.44. The summed E-state index contributed by atoms with van der Waals surface area (Å²) in [7, 11) is 0. The first-order chi connectivity index (χ1) is 23.6. The molecule has 3 heterocycles. The molecule has 3 aromatic carbocycles. The van der Waals surface area contributed by atoms with Gasteiger partial charge in [-0.3, -0.25) is 28.6 Å². The number of nitrogens with one attached hydrogen (secondary N) is 1. The van der Waals surface area contributed by atoms with Gasteiger partial charge in [0, 0.05) is 58.0 Å². The van der Waals surface area contributed by atoms with Gasteiger partial charge in [-0.15, -0.1) is 0 Å². The average Bonchev–Trinajstić information content (AvgIpc) is 3.39. The fourth-order valence-corrected chi connectivity index (χ4v) is 8.78. The quantitative estimate of drug-likeness (QED) is 0.192. The van der Waals surface area contributed by atoms with Gasteiger partial charge >= 0.3 is 12.6 Å². The molecule has 11 nitrogen and oxygen atoms in total. The minimum absolute atomic E-state index is 0.0413. The molecule has 1 N–H and O–H groups in total. The number of aromatic nitrogens is 2. The first-order valence-corrected chi connectivity index (χ1v) is 18.9. The first-order valence-electron chi connectivity index (χ1n) is 16.4. The van der Waals surface area contributed by atoms with Gasteiger partial charge in [-0.2, -0.15) is 0 Å². The zero-order chi connectivity index (χ0) is 34.6. The molecule has 4 aromatic rings. The third-order valence-corrected chi connectivity index (χ3v) is 11.8. The molecule has 0 bridgehead atoms. The zero-order valence-electron chi connectivity index (χ0n) is 27.6. The second-order valence-corrected chi connectivity index (χ2v) is 15.5. The van der Waals surface area contributed by atoms with Crippen molar-refractivity contribution < 1.29 is 18.6 Å². The normalized spacial score (nSPS) is 20.8. The van der Waals surface area contributed by atoms with E-state index >= 15 is 0 Å². The van der Waals surface area contributed by atoms with Crippen LogP contribution in [0.15, 0.2) is 107 Å². The van der Waals surface area contributed by atoms with Crippen LogP contribution in [0.1, 0.15) is 41.8 Å². The predicted octanol–water partition coefficient (Wildman–Crippen LogP) is 4.95. The number of benzene rings is 3. The van der Waals surface area contributed by atoms with Crippen LogP contribution in [-0.4, -0.2) is 81.9 Å². The molecule has 2 saturated heterocycles. The van der Waals surface area contributed by atoms with E-state index in [0.717, 1.165) is 16.7 Å². The Morgan fingerprint density at radius 1 is 0.898 bits per heavy atom. The standard InChI is InChI=1S/C36H41ClN5O6P/c1-27-23-42(35(45)38-34(27)44)33-25-40(24-32(48-33)26-47-49(37,46)41-20-12-19-39(21-22-41)28(2)43)36(29-13-6-3-7-14-29,30-15-8-4-9-16-30)31-17-10-5-11-18-31/h3-11,13-18,23,32-33H,12,19-22,24-26H2,1-2H3,(H,38,44,45). The number of carbonyl (C=O) groups excluding carboxylic acids is 1. The molecule has 6 rings (SSSR count). The second-order valence-electron chi connectivity index (χ2n) is 12.5. The van der Waals surface area contributed by atoms with Crippen LogP contribution < -0.4 is 11.2 Å². The Morgan fingerprint density at radius 3 is 2.02 bits per heavy atom. The van der Waals surface area contributed by atoms with E-state index in [2.05, 4.69) is 46.3 Å². The van der Waals surface area contributed by atoms with Gasteiger partial charge in [0.05, 0.1) is 18.2 Å². The van der Waals surface area contributed by atoms with Crippen molar-refractivity contribution in [2.45, 2.75) is 38.1 Å². The SMILES string of the molecule is CC(=O)N1CCCN(P(=O)(Cl)OCC2CN(C(c3ccccc3)(c3ccccc3)c3ccccc3)CC(n3cc(C)c(=O)[nH]c3=O)O2)CC1. The average molecular weight is 706 g/mol. The summed E-state index contributed by atoms with van der Waals surface area (Å²) >= 11 is 6.66. The van der Waals surface area contributed by atoms with Crippen LogP contribution in [0.4, 0.5) is 0 Å². The highest BCUT2D eigenvalue weighted by molar-refractivity contribution is 7.83. The summed E-state index contributed by atoms with van der Waals surface area (Å²) in [5, 5.41) is 0. The summed E-state index contributed by atoms with van der Waals surface area (Å²) in [6, 6.07) is 30.5. The number of H-pyrrole nitrogens is 1. The van der Waals surface area contributed by atoms with Crippen molar-refractivity contribution in [1.29, 1.82) is 0 Å². The summed E-state index contributed by atoms with van der Waals surface area (Å²) in [6.07, 6.45) is 0.573. The van der Waals surface area contributed by atoms with Crippen LogP contribution in [0.5, 0.6) is 0 Å². The van der Waals surface area contributed by atoms with E-state index in [1.165, 1.54) is 17.7 Å². The number of hydrogen-bond acceptors (Lipinski definition) is 7. The number of halogens is 1. The van der Waals surface area contributed by atoms with E-state index in [9.17, 15) is 18.9 Å². The van der Waals surface area contributed by atoms with Crippen molar-refractivity contribution in [2.24, 2.45) is 0 Å². The molecule has 0 aliphatic carbocycles. The minimum atomic E-state index is -3.82. The second kappa shape index (κ2) is 15.0. The lowest BCUT2D eigenvalue weighted by Gasteiger charge is -2.50. The highest BCUT2D eigenvalue weighted by Crippen LogP contribution is 2.56. The maximum Gasteiger partial charge on any atom is 0.363 e. The Hall–Kier alpha value is -3.83. The lowest BCUT2D eigenvalue weighted by molar-refractivity contribution is -0.148. The maximum atomic E-state index is 13.9. The number of amides is 1. The van der Waals surface area contributed by atoms with Crippen molar-refractivity contribution in [2.75, 3.05) is 45.9 Å². The van der Waals surface area contributed by atoms with E-state index in [4.69, 9.17) is 20.5 Å². The molecule has 1 amide bonds. The maximum absolute atomic E-state index is 13.9. The van der Waals surface area contributed by atoms with E-state index in [-0.39, 0.29) is 19.1 Å². The number of aromatic amines is 1. The number of carbonyl (C=O) groups is 1. The fourth-order valence-electron chi connectivity index (χ4n) is 6.94. The zero-order valence-corrected chi connectivity index (χ0v) is 29.3. The van der Waals surface area contributed by atoms with Crippen LogP contribution in [0.25, 0.3) is 0 Å². The van der Waals surface area contributed by atoms with Gasteiger partial charge in [-0.05, 0) is 41.3 Å². The molecule has 0 spiro atoms. The predicted molar refractivity (Wildman–Crippen MR) is 189 cm³/mol. The smallest absolute Gasteiger partial charge is 0.350 e. The van der Waals surface area contributed by atoms with E-state index < -0.39 is 36.0 Å². The third-order valence-electron chi connectivity index (χ3n) is 9.33. The molecule has 2 aliphatic heterocycles. The molecule has 258 valence electrons. The van der Waals surface area contributed by atoms with Crippen molar-refractivity contribution in [3.8, 4) is 0 Å². The highest BCUT2D eigenvalue weighted by atomic mass is 35.7. The van der Waals surface area contributed by atoms with Crippen LogP contribution in [0.2, 0.25) is 0 Å². The van der Waals surface area contributed by atoms with Crippen molar-refractivity contribution >= 4 is 24.0 Å². The van der Waals surface area contributed by atoms with Crippen LogP contribution >= 0.6 is 18.1 Å². The molecular weight excluding hydrogens is 665 g/mol. The lowest BCUT2D eigenvalue weighted by Crippen LogP contribution is -2.58. The Kier molecular flexibility index (Phi) is 10.7.